The first-order valence-electron chi connectivity index (χ1n) is 6.54. The van der Waals surface area contributed by atoms with Crippen molar-refractivity contribution in [3.8, 4) is 0 Å². The largest absolute Gasteiger partial charge is 0.469 e. The van der Waals surface area contributed by atoms with Gasteiger partial charge >= 0.3 is 5.97 Å². The highest BCUT2D eigenvalue weighted by molar-refractivity contribution is 5.73. The topological polar surface area (TPSA) is 46.8 Å². The molecule has 1 fully saturated rings. The number of fused-ring (bicyclic) bond motifs is 1. The molecule has 100 valence electrons. The fourth-order valence-corrected chi connectivity index (χ4v) is 2.73. The summed E-state index contributed by atoms with van der Waals surface area (Å²) in [4.78, 5) is 18.2. The van der Waals surface area contributed by atoms with Gasteiger partial charge in [0.25, 0.3) is 0 Å². The van der Waals surface area contributed by atoms with Crippen LogP contribution in [0.5, 0.6) is 0 Å². The van der Waals surface area contributed by atoms with Crippen LogP contribution in [0.2, 0.25) is 0 Å². The predicted molar refractivity (Wildman–Crippen MR) is 72.1 cm³/mol. The number of anilines is 1. The zero-order valence-corrected chi connectivity index (χ0v) is 11.0. The number of aromatic nitrogens is 2. The van der Waals surface area contributed by atoms with Crippen LogP contribution in [0.25, 0.3) is 5.65 Å². The molecule has 0 N–H and O–H groups in total. The molecule has 5 heteroatoms. The molecule has 1 unspecified atom stereocenters. The minimum absolute atomic E-state index is 0.0301. The minimum atomic E-state index is -0.109. The molecule has 2 aromatic heterocycles. The molecule has 0 bridgehead atoms. The fourth-order valence-electron chi connectivity index (χ4n) is 2.73. The lowest BCUT2D eigenvalue weighted by molar-refractivity contribution is -0.145. The van der Waals surface area contributed by atoms with Gasteiger partial charge in [0.1, 0.15) is 11.5 Å². The van der Waals surface area contributed by atoms with Crippen LogP contribution in [0.3, 0.4) is 0 Å². The van der Waals surface area contributed by atoms with Crippen LogP contribution in [-0.2, 0) is 9.53 Å². The van der Waals surface area contributed by atoms with E-state index in [0.29, 0.717) is 6.54 Å². The van der Waals surface area contributed by atoms with Gasteiger partial charge in [0.2, 0.25) is 0 Å². The number of piperidine rings is 1. The van der Waals surface area contributed by atoms with Crippen LogP contribution in [0.15, 0.2) is 30.6 Å². The molecule has 0 aliphatic carbocycles. The minimum Gasteiger partial charge on any atom is -0.469 e. The van der Waals surface area contributed by atoms with E-state index in [9.17, 15) is 4.79 Å². The maximum absolute atomic E-state index is 11.7. The smallest absolute Gasteiger partial charge is 0.310 e. The van der Waals surface area contributed by atoms with Gasteiger partial charge in [0, 0.05) is 25.5 Å². The summed E-state index contributed by atoms with van der Waals surface area (Å²) in [5, 5.41) is 0. The highest BCUT2D eigenvalue weighted by atomic mass is 16.5. The Balaban J connectivity index is 1.89. The summed E-state index contributed by atoms with van der Waals surface area (Å²) in [6, 6.07) is 6.04. The van der Waals surface area contributed by atoms with Crippen molar-refractivity contribution in [1.82, 2.24) is 9.38 Å². The summed E-state index contributed by atoms with van der Waals surface area (Å²) in [6.45, 7) is 1.68. The highest BCUT2D eigenvalue weighted by Gasteiger charge is 2.27. The number of pyridine rings is 1. The first-order chi connectivity index (χ1) is 9.29. The summed E-state index contributed by atoms with van der Waals surface area (Å²) in [6.07, 6.45) is 5.65. The summed E-state index contributed by atoms with van der Waals surface area (Å²) in [5.74, 6) is 0.948. The van der Waals surface area contributed by atoms with Gasteiger partial charge in [-0.2, -0.15) is 0 Å². The molecule has 0 saturated carbocycles. The first-order valence-corrected chi connectivity index (χ1v) is 6.54. The van der Waals surface area contributed by atoms with Crippen molar-refractivity contribution >= 4 is 17.4 Å². The van der Waals surface area contributed by atoms with Crippen LogP contribution in [-0.4, -0.2) is 35.6 Å². The van der Waals surface area contributed by atoms with Crippen molar-refractivity contribution in [2.45, 2.75) is 12.8 Å². The Morgan fingerprint density at radius 3 is 3.21 bits per heavy atom. The number of nitrogens with zero attached hydrogens (tertiary/aromatic N) is 3. The van der Waals surface area contributed by atoms with E-state index in [2.05, 4.69) is 20.4 Å². The average molecular weight is 259 g/mol. The van der Waals surface area contributed by atoms with Crippen LogP contribution in [0.4, 0.5) is 5.82 Å². The van der Waals surface area contributed by atoms with Gasteiger partial charge in [-0.05, 0) is 25.0 Å². The van der Waals surface area contributed by atoms with Crippen molar-refractivity contribution < 1.29 is 9.53 Å². The zero-order valence-electron chi connectivity index (χ0n) is 11.0. The van der Waals surface area contributed by atoms with E-state index in [1.54, 1.807) is 6.20 Å². The van der Waals surface area contributed by atoms with Crippen LogP contribution < -0.4 is 4.90 Å². The van der Waals surface area contributed by atoms with E-state index in [0.717, 1.165) is 30.9 Å². The van der Waals surface area contributed by atoms with Crippen LogP contribution >= 0.6 is 0 Å². The molecule has 1 atom stereocenters. The number of rotatable bonds is 2. The van der Waals surface area contributed by atoms with E-state index < -0.39 is 0 Å². The van der Waals surface area contributed by atoms with Gasteiger partial charge in [-0.3, -0.25) is 9.20 Å². The van der Waals surface area contributed by atoms with E-state index in [1.165, 1.54) is 7.11 Å². The van der Waals surface area contributed by atoms with Crippen molar-refractivity contribution in [2.24, 2.45) is 5.92 Å². The lowest BCUT2D eigenvalue weighted by Gasteiger charge is -2.33. The van der Waals surface area contributed by atoms with Crippen LogP contribution in [0, 0.1) is 5.92 Å². The third-order valence-electron chi connectivity index (χ3n) is 3.69. The molecule has 19 heavy (non-hydrogen) atoms. The van der Waals surface area contributed by atoms with E-state index in [-0.39, 0.29) is 11.9 Å². The monoisotopic (exact) mass is 259 g/mol. The highest BCUT2D eigenvalue weighted by Crippen LogP contribution is 2.24. The Morgan fingerprint density at radius 1 is 1.47 bits per heavy atom. The summed E-state index contributed by atoms with van der Waals surface area (Å²) in [5.41, 5.74) is 0.928. The average Bonchev–Trinajstić information content (AvgIpc) is 2.94. The Kier molecular flexibility index (Phi) is 3.11. The third-order valence-corrected chi connectivity index (χ3v) is 3.69. The number of carbonyl (C=O) groups excluding carboxylic acids is 1. The molecule has 0 amide bonds. The fraction of sp³-hybridized carbons (Fsp3) is 0.429. The molecular weight excluding hydrogens is 242 g/mol. The Bertz CT molecular complexity index is 593. The number of carbonyl (C=O) groups is 1. The number of esters is 1. The molecule has 3 heterocycles. The number of ether oxygens (including phenoxy) is 1. The number of imidazole rings is 1. The molecule has 1 saturated heterocycles. The Morgan fingerprint density at radius 2 is 2.37 bits per heavy atom. The molecule has 1 aliphatic heterocycles. The summed E-state index contributed by atoms with van der Waals surface area (Å²) < 4.78 is 6.92. The first kappa shape index (κ1) is 12.0. The van der Waals surface area contributed by atoms with E-state index >= 15 is 0 Å². The maximum atomic E-state index is 11.7. The van der Waals surface area contributed by atoms with Crippen molar-refractivity contribution in [2.75, 3.05) is 25.1 Å². The van der Waals surface area contributed by atoms with Gasteiger partial charge in [-0.25, -0.2) is 4.98 Å². The molecule has 0 radical (unpaired) electrons. The maximum Gasteiger partial charge on any atom is 0.310 e. The Labute approximate surface area is 111 Å². The lowest BCUT2D eigenvalue weighted by atomic mass is 9.98. The second-order valence-corrected chi connectivity index (χ2v) is 4.85. The molecular formula is C14H17N3O2. The van der Waals surface area contributed by atoms with Gasteiger partial charge in [-0.15, -0.1) is 0 Å². The van der Waals surface area contributed by atoms with Crippen LogP contribution in [0.1, 0.15) is 12.8 Å². The molecule has 5 nitrogen and oxygen atoms in total. The van der Waals surface area contributed by atoms with Gasteiger partial charge in [0.15, 0.2) is 0 Å². The Hall–Kier alpha value is -2.04. The molecule has 1 aliphatic rings. The standard InChI is InChI=1S/C14H17N3O2/c1-19-14(18)11-4-3-8-16(10-11)13-6-2-5-12-15-7-9-17(12)13/h2,5-7,9,11H,3-4,8,10H2,1H3. The number of hydrogen-bond donors (Lipinski definition) is 0. The lowest BCUT2D eigenvalue weighted by Crippen LogP contribution is -2.40. The normalized spacial score (nSPS) is 19.6. The van der Waals surface area contributed by atoms with Crippen molar-refractivity contribution in [1.29, 1.82) is 0 Å². The third kappa shape index (κ3) is 2.16. The van der Waals surface area contributed by atoms with Gasteiger partial charge in [-0.1, -0.05) is 6.07 Å². The molecule has 0 aromatic carbocycles. The SMILES string of the molecule is COC(=O)C1CCCN(c2cccc3nccn23)C1. The second-order valence-electron chi connectivity index (χ2n) is 4.85. The van der Waals surface area contributed by atoms with Crippen molar-refractivity contribution in [3.05, 3.63) is 30.6 Å². The van der Waals surface area contributed by atoms with Gasteiger partial charge < -0.3 is 9.64 Å². The predicted octanol–water partition coefficient (Wildman–Crippen LogP) is 1.72. The molecule has 0 spiro atoms. The number of methoxy groups -OCH3 is 1. The molecule has 2 aromatic rings. The quantitative estimate of drug-likeness (QED) is 0.770. The van der Waals surface area contributed by atoms with Crippen molar-refractivity contribution in [3.63, 3.8) is 0 Å². The summed E-state index contributed by atoms with van der Waals surface area (Å²) in [7, 11) is 1.46. The second kappa shape index (κ2) is 4.91. The van der Waals surface area contributed by atoms with Gasteiger partial charge in [0.05, 0.1) is 13.0 Å². The van der Waals surface area contributed by atoms with E-state index in [1.807, 2.05) is 18.3 Å². The summed E-state index contributed by atoms with van der Waals surface area (Å²) >= 11 is 0. The molecule has 3 rings (SSSR count). The number of hydrogen-bond acceptors (Lipinski definition) is 4. The zero-order chi connectivity index (χ0) is 13.2. The van der Waals surface area contributed by atoms with E-state index in [4.69, 9.17) is 4.74 Å².